The molecule has 1 aliphatic carbocycles. The molecule has 0 spiro atoms. The van der Waals surface area contributed by atoms with Gasteiger partial charge in [-0.1, -0.05) is 32.3 Å². The number of carbonyl (C=O) groups is 1. The number of hydrogen-bond acceptors (Lipinski definition) is 8. The molecule has 1 amide bonds. The van der Waals surface area contributed by atoms with Crippen molar-refractivity contribution < 1.29 is 9.53 Å². The van der Waals surface area contributed by atoms with Crippen LogP contribution in [0, 0.1) is 0 Å². The summed E-state index contributed by atoms with van der Waals surface area (Å²) in [5, 5.41) is 8.26. The minimum Gasteiger partial charge on any atom is -0.447 e. The lowest BCUT2D eigenvalue weighted by Gasteiger charge is -2.29. The van der Waals surface area contributed by atoms with E-state index in [1.165, 1.54) is 58.1 Å². The van der Waals surface area contributed by atoms with Crippen molar-refractivity contribution in [3.05, 3.63) is 29.4 Å². The number of benzene rings is 1. The summed E-state index contributed by atoms with van der Waals surface area (Å²) in [5.41, 5.74) is 7.14. The minimum atomic E-state index is -0.713. The minimum absolute atomic E-state index is 0.0995. The summed E-state index contributed by atoms with van der Waals surface area (Å²) < 4.78 is 7.80. The number of aromatic nitrogens is 1. The van der Waals surface area contributed by atoms with Crippen molar-refractivity contribution in [2.24, 2.45) is 5.73 Å². The number of carbonyl (C=O) groups excluding carboxylic acids is 1. The average molecular weight is 492 g/mol. The highest BCUT2D eigenvalue weighted by Crippen LogP contribution is 2.40. The molecule has 7 nitrogen and oxygen atoms in total. The maximum absolute atomic E-state index is 9.81. The van der Waals surface area contributed by atoms with Crippen molar-refractivity contribution >= 4 is 35.1 Å². The number of hydrogen-bond donors (Lipinski definition) is 4. The van der Waals surface area contributed by atoms with E-state index in [9.17, 15) is 4.79 Å². The van der Waals surface area contributed by atoms with E-state index in [4.69, 9.17) is 4.98 Å². The molecule has 33 heavy (non-hydrogen) atoms. The second-order valence-corrected chi connectivity index (χ2v) is 10.7. The fraction of sp³-hybridized carbons (Fsp3) is 0.583. The highest BCUT2D eigenvalue weighted by molar-refractivity contribution is 7.97. The molecule has 2 aromatic rings. The first-order valence-electron chi connectivity index (χ1n) is 11.9. The second-order valence-electron chi connectivity index (χ2n) is 8.69. The van der Waals surface area contributed by atoms with Gasteiger partial charge in [0.05, 0.1) is 22.0 Å². The molecule has 0 radical (unpaired) electrons. The Morgan fingerprint density at radius 1 is 1.30 bits per heavy atom. The van der Waals surface area contributed by atoms with Crippen molar-refractivity contribution in [1.82, 2.24) is 15.0 Å². The lowest BCUT2D eigenvalue weighted by molar-refractivity contribution is 0.125. The van der Waals surface area contributed by atoms with Gasteiger partial charge in [-0.2, -0.15) is 0 Å². The van der Waals surface area contributed by atoms with Gasteiger partial charge in [0, 0.05) is 47.9 Å². The van der Waals surface area contributed by atoms with E-state index in [1.54, 1.807) is 25.8 Å². The van der Waals surface area contributed by atoms with Gasteiger partial charge in [0.25, 0.3) is 0 Å². The Balaban J connectivity index is 0.000000383. The lowest BCUT2D eigenvalue weighted by atomic mass is 9.90. The van der Waals surface area contributed by atoms with Crippen molar-refractivity contribution in [3.63, 3.8) is 0 Å². The van der Waals surface area contributed by atoms with E-state index in [0.717, 1.165) is 19.6 Å². The van der Waals surface area contributed by atoms with Crippen molar-refractivity contribution in [1.29, 1.82) is 0 Å². The molecule has 1 aromatic carbocycles. The van der Waals surface area contributed by atoms with Gasteiger partial charge in [0.1, 0.15) is 0 Å². The third-order valence-electron chi connectivity index (χ3n) is 5.56. The van der Waals surface area contributed by atoms with Gasteiger partial charge in [-0.3, -0.25) is 4.72 Å². The molecule has 5 N–H and O–H groups in total. The van der Waals surface area contributed by atoms with Crippen LogP contribution >= 0.6 is 23.3 Å². The molecule has 1 aliphatic heterocycles. The molecule has 0 unspecified atom stereocenters. The smallest absolute Gasteiger partial charge is 0.404 e. The average Bonchev–Trinajstić information content (AvgIpc) is 3.25. The Morgan fingerprint density at radius 2 is 2.06 bits per heavy atom. The van der Waals surface area contributed by atoms with Crippen molar-refractivity contribution in [2.75, 3.05) is 25.0 Å². The van der Waals surface area contributed by atoms with E-state index in [-0.39, 0.29) is 6.10 Å². The van der Waals surface area contributed by atoms with Gasteiger partial charge in [-0.05, 0) is 50.8 Å². The molecule has 4 rings (SSSR count). The first-order chi connectivity index (χ1) is 16.0. The maximum Gasteiger partial charge on any atom is 0.404 e. The SMILES string of the molecule is CC(C)OC(N)=O.CCNSc1cc(NC2CNC2)ccc1-c1cnc(C2CCCCC2)s1. The van der Waals surface area contributed by atoms with Crippen LogP contribution in [0.2, 0.25) is 0 Å². The third kappa shape index (κ3) is 8.17. The summed E-state index contributed by atoms with van der Waals surface area (Å²) >= 11 is 3.62. The monoisotopic (exact) mass is 491 g/mol. The standard InChI is InChI=1S/C20H28N4S2.C4H9NO2/c1-2-23-26-18-10-15(24-16-11-21-12-16)8-9-17(18)19-13-22-20(25-19)14-6-4-3-5-7-14;1-3(2)7-4(5)6/h8-10,13-14,16,21,23-24H,2-7,11-12H2,1H3;3H,1-2H3,(H2,5,6). The third-order valence-corrected chi connectivity index (χ3v) is 7.74. The van der Waals surface area contributed by atoms with Crippen molar-refractivity contribution in [3.8, 4) is 10.4 Å². The number of nitrogens with two attached hydrogens (primary N) is 1. The van der Waals surface area contributed by atoms with Crippen LogP contribution < -0.4 is 21.1 Å². The van der Waals surface area contributed by atoms with E-state index < -0.39 is 6.09 Å². The zero-order chi connectivity index (χ0) is 23.6. The molecule has 9 heteroatoms. The lowest BCUT2D eigenvalue weighted by Crippen LogP contribution is -2.51. The van der Waals surface area contributed by atoms with Gasteiger partial charge in [0.15, 0.2) is 0 Å². The second kappa shape index (κ2) is 13.2. The number of ether oxygens (including phenoxy) is 1. The Kier molecular flexibility index (Phi) is 10.3. The zero-order valence-corrected chi connectivity index (χ0v) is 21.5. The molecule has 182 valence electrons. The molecule has 1 aromatic heterocycles. The Hall–Kier alpha value is -1.81. The van der Waals surface area contributed by atoms with E-state index >= 15 is 0 Å². The van der Waals surface area contributed by atoms with Crippen LogP contribution in [-0.2, 0) is 4.74 Å². The molecule has 2 heterocycles. The zero-order valence-electron chi connectivity index (χ0n) is 19.9. The molecule has 0 atom stereocenters. The fourth-order valence-electron chi connectivity index (χ4n) is 3.86. The normalized spacial score (nSPS) is 16.6. The molecular formula is C24H37N5O2S2. The van der Waals surface area contributed by atoms with Crippen LogP contribution in [-0.4, -0.2) is 42.9 Å². The number of nitrogens with zero attached hydrogens (tertiary/aromatic N) is 1. The Labute approximate surface area is 205 Å². The van der Waals surface area contributed by atoms with Gasteiger partial charge in [0.2, 0.25) is 0 Å². The van der Waals surface area contributed by atoms with Crippen LogP contribution in [0.5, 0.6) is 0 Å². The van der Waals surface area contributed by atoms with E-state index in [0.29, 0.717) is 12.0 Å². The van der Waals surface area contributed by atoms with Gasteiger partial charge in [-0.25, -0.2) is 9.78 Å². The maximum atomic E-state index is 9.81. The molecule has 2 aliphatic rings. The van der Waals surface area contributed by atoms with E-state index in [2.05, 4.69) is 57.1 Å². The van der Waals surface area contributed by atoms with Gasteiger partial charge >= 0.3 is 6.09 Å². The highest BCUT2D eigenvalue weighted by Gasteiger charge is 2.21. The number of nitrogens with one attached hydrogen (secondary N) is 3. The van der Waals surface area contributed by atoms with Crippen LogP contribution in [0.4, 0.5) is 10.5 Å². The molecule has 0 bridgehead atoms. The fourth-order valence-corrected chi connectivity index (χ4v) is 5.82. The topological polar surface area (TPSA) is 101 Å². The first kappa shape index (κ1) is 25.8. The van der Waals surface area contributed by atoms with Crippen LogP contribution in [0.15, 0.2) is 29.3 Å². The predicted octanol–water partition coefficient (Wildman–Crippen LogP) is 5.35. The van der Waals surface area contributed by atoms with Gasteiger partial charge in [-0.15, -0.1) is 11.3 Å². The van der Waals surface area contributed by atoms with E-state index in [1.807, 2.05) is 11.3 Å². The number of anilines is 1. The summed E-state index contributed by atoms with van der Waals surface area (Å²) in [6, 6.07) is 7.30. The van der Waals surface area contributed by atoms with Crippen LogP contribution in [0.3, 0.4) is 0 Å². The molecule has 1 saturated carbocycles. The summed E-state index contributed by atoms with van der Waals surface area (Å²) in [4.78, 5) is 17.2. The first-order valence-corrected chi connectivity index (χ1v) is 13.5. The summed E-state index contributed by atoms with van der Waals surface area (Å²) in [6.07, 6.45) is 8.00. The molecule has 1 saturated heterocycles. The summed E-state index contributed by atoms with van der Waals surface area (Å²) in [7, 11) is 0. The van der Waals surface area contributed by atoms with Crippen LogP contribution in [0.25, 0.3) is 10.4 Å². The molecule has 2 fully saturated rings. The number of amides is 1. The Morgan fingerprint density at radius 3 is 2.64 bits per heavy atom. The number of rotatable bonds is 8. The summed E-state index contributed by atoms with van der Waals surface area (Å²) in [6.45, 7) is 8.68. The largest absolute Gasteiger partial charge is 0.447 e. The predicted molar refractivity (Wildman–Crippen MR) is 139 cm³/mol. The van der Waals surface area contributed by atoms with Gasteiger partial charge < -0.3 is 21.1 Å². The number of thiazole rings is 1. The quantitative estimate of drug-likeness (QED) is 0.369. The highest BCUT2D eigenvalue weighted by atomic mass is 32.2. The van der Waals surface area contributed by atoms with Crippen molar-refractivity contribution in [2.45, 2.75) is 75.8 Å². The van der Waals surface area contributed by atoms with Crippen LogP contribution in [0.1, 0.15) is 63.8 Å². The number of primary amides is 1. The molecular weight excluding hydrogens is 454 g/mol. The summed E-state index contributed by atoms with van der Waals surface area (Å²) in [5.74, 6) is 0.680. The Bertz CT molecular complexity index is 879.